The monoisotopic (exact) mass is 182 g/mol. The highest BCUT2D eigenvalue weighted by Gasteiger charge is 2.32. The fraction of sp³-hybridized carbons (Fsp3) is 0.333. The standard InChI is InChI=1S/C9H10O4/c1-9(8(12)13)4-2-3-6(5-9)7(10)11/h2-3,5H,4H2,1H3,(H,10,11)(H,12,13). The van der Waals surface area contributed by atoms with Crippen LogP contribution in [0.1, 0.15) is 13.3 Å². The Morgan fingerprint density at radius 3 is 2.54 bits per heavy atom. The average Bonchev–Trinajstić information content (AvgIpc) is 2.04. The molecule has 4 heteroatoms. The minimum absolute atomic E-state index is 0.0381. The first kappa shape index (κ1) is 9.51. The summed E-state index contributed by atoms with van der Waals surface area (Å²) >= 11 is 0. The predicted molar refractivity (Wildman–Crippen MR) is 45.2 cm³/mol. The van der Waals surface area contributed by atoms with Crippen molar-refractivity contribution in [1.82, 2.24) is 0 Å². The molecule has 1 rings (SSSR count). The van der Waals surface area contributed by atoms with E-state index in [-0.39, 0.29) is 5.57 Å². The molecule has 0 saturated carbocycles. The number of hydrogen-bond donors (Lipinski definition) is 2. The van der Waals surface area contributed by atoms with Gasteiger partial charge in [0.25, 0.3) is 0 Å². The highest BCUT2D eigenvalue weighted by atomic mass is 16.4. The molecule has 0 aromatic carbocycles. The molecule has 2 N–H and O–H groups in total. The number of allylic oxidation sites excluding steroid dienone is 1. The van der Waals surface area contributed by atoms with Gasteiger partial charge in [-0.15, -0.1) is 0 Å². The second-order valence-corrected chi connectivity index (χ2v) is 3.23. The minimum atomic E-state index is -1.09. The summed E-state index contributed by atoms with van der Waals surface area (Å²) in [5.41, 5.74) is -1.04. The van der Waals surface area contributed by atoms with Crippen molar-refractivity contribution in [2.45, 2.75) is 13.3 Å². The summed E-state index contributed by atoms with van der Waals surface area (Å²) in [5.74, 6) is -2.10. The van der Waals surface area contributed by atoms with E-state index in [1.54, 1.807) is 6.08 Å². The SMILES string of the molecule is CC1(C(=O)O)C=C(C(=O)O)C=CC1. The lowest BCUT2D eigenvalue weighted by Crippen LogP contribution is -2.27. The Bertz CT molecular complexity index is 314. The van der Waals surface area contributed by atoms with Crippen LogP contribution in [0.2, 0.25) is 0 Å². The van der Waals surface area contributed by atoms with Gasteiger partial charge in [-0.1, -0.05) is 18.2 Å². The molecule has 1 atom stereocenters. The lowest BCUT2D eigenvalue weighted by atomic mass is 9.81. The van der Waals surface area contributed by atoms with Crippen molar-refractivity contribution in [1.29, 1.82) is 0 Å². The first-order valence-corrected chi connectivity index (χ1v) is 3.82. The molecule has 0 amide bonds. The fourth-order valence-electron chi connectivity index (χ4n) is 1.16. The molecule has 0 aromatic rings. The molecule has 4 nitrogen and oxygen atoms in total. The first-order chi connectivity index (χ1) is 5.96. The van der Waals surface area contributed by atoms with Crippen LogP contribution >= 0.6 is 0 Å². The number of hydrogen-bond acceptors (Lipinski definition) is 2. The van der Waals surface area contributed by atoms with Gasteiger partial charge in [-0.05, 0) is 13.3 Å². The lowest BCUT2D eigenvalue weighted by molar-refractivity contribution is -0.145. The number of rotatable bonds is 2. The van der Waals surface area contributed by atoms with Gasteiger partial charge in [0.1, 0.15) is 0 Å². The molecule has 0 fully saturated rings. The number of carbonyl (C=O) groups is 2. The quantitative estimate of drug-likeness (QED) is 0.669. The predicted octanol–water partition coefficient (Wildman–Crippen LogP) is 1.05. The van der Waals surface area contributed by atoms with Crippen LogP contribution in [0.5, 0.6) is 0 Å². The Morgan fingerprint density at radius 1 is 1.46 bits per heavy atom. The Hall–Kier alpha value is -1.58. The van der Waals surface area contributed by atoms with Crippen molar-refractivity contribution < 1.29 is 19.8 Å². The van der Waals surface area contributed by atoms with Crippen LogP contribution in [-0.2, 0) is 9.59 Å². The van der Waals surface area contributed by atoms with Crippen LogP contribution < -0.4 is 0 Å². The molecular formula is C9H10O4. The number of aliphatic carboxylic acids is 2. The maximum atomic E-state index is 10.8. The third kappa shape index (κ3) is 1.77. The summed E-state index contributed by atoms with van der Waals surface area (Å²) in [6, 6.07) is 0. The molecule has 1 aliphatic rings. The van der Waals surface area contributed by atoms with E-state index in [0.29, 0.717) is 6.42 Å². The maximum Gasteiger partial charge on any atom is 0.335 e. The van der Waals surface area contributed by atoms with Gasteiger partial charge in [0.15, 0.2) is 0 Å². The third-order valence-corrected chi connectivity index (χ3v) is 2.05. The largest absolute Gasteiger partial charge is 0.481 e. The van der Waals surface area contributed by atoms with E-state index >= 15 is 0 Å². The van der Waals surface area contributed by atoms with Crippen molar-refractivity contribution in [3.05, 3.63) is 23.8 Å². The van der Waals surface area contributed by atoms with E-state index in [0.717, 1.165) is 0 Å². The van der Waals surface area contributed by atoms with Crippen LogP contribution in [0.15, 0.2) is 23.8 Å². The average molecular weight is 182 g/mol. The van der Waals surface area contributed by atoms with Gasteiger partial charge >= 0.3 is 11.9 Å². The normalized spacial score (nSPS) is 26.7. The van der Waals surface area contributed by atoms with Gasteiger partial charge in [0.2, 0.25) is 0 Å². The Labute approximate surface area is 75.2 Å². The molecule has 0 aliphatic heterocycles. The Balaban J connectivity index is 3.02. The van der Waals surface area contributed by atoms with Gasteiger partial charge in [0.05, 0.1) is 11.0 Å². The van der Waals surface area contributed by atoms with Crippen LogP contribution in [0.25, 0.3) is 0 Å². The molecule has 1 unspecified atom stereocenters. The van der Waals surface area contributed by atoms with Crippen LogP contribution in [0, 0.1) is 5.41 Å². The van der Waals surface area contributed by atoms with Gasteiger partial charge in [-0.3, -0.25) is 4.79 Å². The molecule has 0 aromatic heterocycles. The zero-order valence-corrected chi connectivity index (χ0v) is 7.15. The van der Waals surface area contributed by atoms with Crippen LogP contribution in [0.4, 0.5) is 0 Å². The van der Waals surface area contributed by atoms with Gasteiger partial charge in [0, 0.05) is 0 Å². The topological polar surface area (TPSA) is 74.6 Å². The zero-order chi connectivity index (χ0) is 10.1. The van der Waals surface area contributed by atoms with Crippen molar-refractivity contribution in [2.75, 3.05) is 0 Å². The number of carboxylic acids is 2. The minimum Gasteiger partial charge on any atom is -0.481 e. The molecule has 1 aliphatic carbocycles. The van der Waals surface area contributed by atoms with Crippen molar-refractivity contribution in [3.63, 3.8) is 0 Å². The van der Waals surface area contributed by atoms with Crippen molar-refractivity contribution in [3.8, 4) is 0 Å². The summed E-state index contributed by atoms with van der Waals surface area (Å²) < 4.78 is 0. The number of carboxylic acid groups (broad SMARTS) is 2. The molecule has 0 heterocycles. The highest BCUT2D eigenvalue weighted by molar-refractivity contribution is 5.92. The van der Waals surface area contributed by atoms with Gasteiger partial charge in [-0.25, -0.2) is 4.79 Å². The zero-order valence-electron chi connectivity index (χ0n) is 7.15. The first-order valence-electron chi connectivity index (χ1n) is 3.82. The molecular weight excluding hydrogens is 172 g/mol. The molecule has 0 saturated heterocycles. The summed E-state index contributed by atoms with van der Waals surface area (Å²) in [5, 5.41) is 17.5. The maximum absolute atomic E-state index is 10.8. The van der Waals surface area contributed by atoms with Gasteiger partial charge < -0.3 is 10.2 Å². The van der Waals surface area contributed by atoms with Crippen molar-refractivity contribution >= 4 is 11.9 Å². The van der Waals surface area contributed by atoms with Crippen LogP contribution in [-0.4, -0.2) is 22.2 Å². The third-order valence-electron chi connectivity index (χ3n) is 2.05. The Kier molecular flexibility index (Phi) is 2.23. The van der Waals surface area contributed by atoms with Crippen LogP contribution in [0.3, 0.4) is 0 Å². The summed E-state index contributed by atoms with van der Waals surface area (Å²) in [4.78, 5) is 21.3. The van der Waals surface area contributed by atoms with E-state index < -0.39 is 17.4 Å². The lowest BCUT2D eigenvalue weighted by Gasteiger charge is -2.22. The second kappa shape index (κ2) is 3.05. The second-order valence-electron chi connectivity index (χ2n) is 3.23. The molecule has 13 heavy (non-hydrogen) atoms. The summed E-state index contributed by atoms with van der Waals surface area (Å²) in [7, 11) is 0. The molecule has 0 spiro atoms. The van der Waals surface area contributed by atoms with E-state index in [4.69, 9.17) is 10.2 Å². The molecule has 0 radical (unpaired) electrons. The van der Waals surface area contributed by atoms with E-state index in [2.05, 4.69) is 0 Å². The van der Waals surface area contributed by atoms with E-state index in [1.807, 2.05) is 0 Å². The van der Waals surface area contributed by atoms with E-state index in [1.165, 1.54) is 19.1 Å². The fourth-order valence-corrected chi connectivity index (χ4v) is 1.16. The Morgan fingerprint density at radius 2 is 2.08 bits per heavy atom. The molecule has 70 valence electrons. The smallest absolute Gasteiger partial charge is 0.335 e. The van der Waals surface area contributed by atoms with Gasteiger partial charge in [-0.2, -0.15) is 0 Å². The van der Waals surface area contributed by atoms with E-state index in [9.17, 15) is 9.59 Å². The highest BCUT2D eigenvalue weighted by Crippen LogP contribution is 2.29. The molecule has 0 bridgehead atoms. The summed E-state index contributed by atoms with van der Waals surface area (Å²) in [6.07, 6.45) is 4.60. The summed E-state index contributed by atoms with van der Waals surface area (Å²) in [6.45, 7) is 1.50. The van der Waals surface area contributed by atoms with Crippen molar-refractivity contribution in [2.24, 2.45) is 5.41 Å².